The molecule has 37 heavy (non-hydrogen) atoms. The van der Waals surface area contributed by atoms with Gasteiger partial charge in [0.2, 0.25) is 0 Å². The number of ether oxygens (including phenoxy) is 2. The summed E-state index contributed by atoms with van der Waals surface area (Å²) in [6.07, 6.45) is 0.321. The van der Waals surface area contributed by atoms with Gasteiger partial charge in [-0.1, -0.05) is 6.07 Å². The van der Waals surface area contributed by atoms with Crippen LogP contribution in [0.4, 0.5) is 26.3 Å². The van der Waals surface area contributed by atoms with Crippen molar-refractivity contribution in [3.63, 3.8) is 0 Å². The normalized spacial score (nSPS) is 24.0. The van der Waals surface area contributed by atoms with Crippen molar-refractivity contribution in [2.75, 3.05) is 32.9 Å². The van der Waals surface area contributed by atoms with Crippen LogP contribution in [0, 0.1) is 11.3 Å². The van der Waals surface area contributed by atoms with Crippen molar-refractivity contribution in [1.82, 2.24) is 9.88 Å². The first-order valence-electron chi connectivity index (χ1n) is 11.6. The van der Waals surface area contributed by atoms with Crippen LogP contribution in [-0.4, -0.2) is 83.4 Å². The Morgan fingerprint density at radius 2 is 1.73 bits per heavy atom. The van der Waals surface area contributed by atoms with Gasteiger partial charge in [-0.05, 0) is 49.7 Å². The number of aliphatic carboxylic acids is 2. The molecule has 0 amide bonds. The van der Waals surface area contributed by atoms with Crippen LogP contribution in [0.2, 0.25) is 0 Å². The minimum Gasteiger partial charge on any atom is -0.475 e. The van der Waals surface area contributed by atoms with Gasteiger partial charge in [-0.15, -0.1) is 0 Å². The molecule has 3 aliphatic rings. The standard InChI is InChI=1S/C19H28N2O2.2C2HF3O2/c1-3-17(11-20-8-1)12-21-9-6-18-19(14-21,7-2-10-23-18)15-22-13-16-4-5-16;2*3-2(4,5)1(6)7/h1,3,8,11,16,18H,2,4-7,9-10,12-15H2;2*(H,6,7). The topological polar surface area (TPSA) is 109 Å². The molecular formula is C23H30F6N2O6. The van der Waals surface area contributed by atoms with Crippen LogP contribution in [0.3, 0.4) is 0 Å². The Balaban J connectivity index is 0.000000286. The maximum absolute atomic E-state index is 10.6. The molecule has 0 radical (unpaired) electrons. The maximum atomic E-state index is 10.6. The maximum Gasteiger partial charge on any atom is 0.490 e. The fraction of sp³-hybridized carbons (Fsp3) is 0.696. The van der Waals surface area contributed by atoms with Crippen molar-refractivity contribution in [3.8, 4) is 0 Å². The molecule has 1 aromatic heterocycles. The molecule has 210 valence electrons. The highest BCUT2D eigenvalue weighted by Gasteiger charge is 2.46. The van der Waals surface area contributed by atoms with Gasteiger partial charge >= 0.3 is 24.3 Å². The van der Waals surface area contributed by atoms with E-state index in [-0.39, 0.29) is 5.41 Å². The summed E-state index contributed by atoms with van der Waals surface area (Å²) < 4.78 is 75.7. The van der Waals surface area contributed by atoms with E-state index in [9.17, 15) is 26.3 Å². The van der Waals surface area contributed by atoms with Gasteiger partial charge in [0.25, 0.3) is 0 Å². The lowest BCUT2D eigenvalue weighted by Gasteiger charge is -2.50. The van der Waals surface area contributed by atoms with E-state index in [1.165, 1.54) is 31.2 Å². The van der Waals surface area contributed by atoms with Crippen LogP contribution in [0.5, 0.6) is 0 Å². The van der Waals surface area contributed by atoms with Gasteiger partial charge in [0.05, 0.1) is 12.7 Å². The van der Waals surface area contributed by atoms with Crippen molar-refractivity contribution in [1.29, 1.82) is 0 Å². The molecule has 14 heteroatoms. The molecule has 1 aliphatic carbocycles. The number of halogens is 6. The van der Waals surface area contributed by atoms with Crippen LogP contribution < -0.4 is 0 Å². The molecule has 3 fully saturated rings. The lowest BCUT2D eigenvalue weighted by Crippen LogP contribution is -2.56. The molecule has 4 rings (SSSR count). The lowest BCUT2D eigenvalue weighted by atomic mass is 9.73. The Hall–Kier alpha value is -2.45. The molecule has 1 aromatic rings. The Labute approximate surface area is 209 Å². The van der Waals surface area contributed by atoms with E-state index >= 15 is 0 Å². The summed E-state index contributed by atoms with van der Waals surface area (Å²) in [5.41, 5.74) is 1.50. The quantitative estimate of drug-likeness (QED) is 0.515. The number of pyridine rings is 1. The lowest BCUT2D eigenvalue weighted by molar-refractivity contribution is -0.193. The highest BCUT2D eigenvalue weighted by atomic mass is 19.4. The molecule has 3 heterocycles. The largest absolute Gasteiger partial charge is 0.490 e. The number of carboxylic acids is 2. The summed E-state index contributed by atoms with van der Waals surface area (Å²) in [5, 5.41) is 14.2. The summed E-state index contributed by atoms with van der Waals surface area (Å²) in [6, 6.07) is 4.20. The number of fused-ring (bicyclic) bond motifs is 1. The van der Waals surface area contributed by atoms with Gasteiger partial charge in [0.15, 0.2) is 0 Å². The van der Waals surface area contributed by atoms with Crippen molar-refractivity contribution in [2.24, 2.45) is 11.3 Å². The monoisotopic (exact) mass is 544 g/mol. The van der Waals surface area contributed by atoms with E-state index in [1.807, 2.05) is 18.5 Å². The molecule has 2 aliphatic heterocycles. The number of hydrogen-bond acceptors (Lipinski definition) is 6. The summed E-state index contributed by atoms with van der Waals surface area (Å²) in [5.74, 6) is -4.68. The smallest absolute Gasteiger partial charge is 0.475 e. The van der Waals surface area contributed by atoms with Crippen LogP contribution in [-0.2, 0) is 25.6 Å². The first-order chi connectivity index (χ1) is 17.2. The number of hydrogen-bond donors (Lipinski definition) is 2. The zero-order valence-electron chi connectivity index (χ0n) is 19.9. The van der Waals surface area contributed by atoms with Crippen LogP contribution in [0.25, 0.3) is 0 Å². The minimum absolute atomic E-state index is 0.202. The van der Waals surface area contributed by atoms with E-state index in [4.69, 9.17) is 29.3 Å². The summed E-state index contributed by atoms with van der Waals surface area (Å²) in [6.45, 7) is 5.96. The summed E-state index contributed by atoms with van der Waals surface area (Å²) >= 11 is 0. The Kier molecular flexibility index (Phi) is 11.1. The SMILES string of the molecule is O=C(O)C(F)(F)F.O=C(O)C(F)(F)F.c1cncc(CN2CCC3OCCCC3(COCC3CC3)C2)c1. The highest BCUT2D eigenvalue weighted by molar-refractivity contribution is 5.73. The number of rotatable bonds is 6. The predicted molar refractivity (Wildman–Crippen MR) is 116 cm³/mol. The zero-order chi connectivity index (χ0) is 27.7. The second-order valence-electron chi connectivity index (χ2n) is 9.25. The predicted octanol–water partition coefficient (Wildman–Crippen LogP) is 4.15. The van der Waals surface area contributed by atoms with E-state index in [0.29, 0.717) is 6.10 Å². The van der Waals surface area contributed by atoms with Gasteiger partial charge in [-0.2, -0.15) is 26.3 Å². The van der Waals surface area contributed by atoms with E-state index in [2.05, 4.69) is 16.0 Å². The number of likely N-dealkylation sites (tertiary alicyclic amines) is 1. The second-order valence-corrected chi connectivity index (χ2v) is 9.25. The third kappa shape index (κ3) is 10.8. The fourth-order valence-corrected chi connectivity index (χ4v) is 4.19. The molecule has 2 saturated heterocycles. The number of nitrogens with zero attached hydrogens (tertiary/aromatic N) is 2. The number of carbonyl (C=O) groups is 2. The molecule has 2 unspecified atom stereocenters. The van der Waals surface area contributed by atoms with E-state index < -0.39 is 24.3 Å². The van der Waals surface area contributed by atoms with Gasteiger partial charge in [0.1, 0.15) is 0 Å². The van der Waals surface area contributed by atoms with Gasteiger partial charge in [-0.25, -0.2) is 9.59 Å². The third-order valence-electron chi connectivity index (χ3n) is 6.12. The number of carboxylic acid groups (broad SMARTS) is 2. The highest BCUT2D eigenvalue weighted by Crippen LogP contribution is 2.41. The first kappa shape index (κ1) is 30.8. The number of piperidine rings is 1. The average molecular weight is 544 g/mol. The number of alkyl halides is 6. The van der Waals surface area contributed by atoms with Crippen molar-refractivity contribution in [2.45, 2.75) is 57.1 Å². The van der Waals surface area contributed by atoms with E-state index in [0.717, 1.165) is 51.8 Å². The van der Waals surface area contributed by atoms with Crippen molar-refractivity contribution < 1.29 is 55.6 Å². The van der Waals surface area contributed by atoms with Gasteiger partial charge in [-0.3, -0.25) is 9.88 Å². The summed E-state index contributed by atoms with van der Waals surface area (Å²) in [7, 11) is 0. The molecule has 8 nitrogen and oxygen atoms in total. The summed E-state index contributed by atoms with van der Waals surface area (Å²) in [4.78, 5) is 24.6. The Morgan fingerprint density at radius 3 is 2.24 bits per heavy atom. The average Bonchev–Trinajstić information content (AvgIpc) is 3.63. The Morgan fingerprint density at radius 1 is 1.11 bits per heavy atom. The zero-order valence-corrected chi connectivity index (χ0v) is 19.9. The van der Waals surface area contributed by atoms with Crippen LogP contribution in [0.15, 0.2) is 24.5 Å². The second kappa shape index (κ2) is 13.4. The molecular weight excluding hydrogens is 514 g/mol. The van der Waals surface area contributed by atoms with Crippen LogP contribution in [0.1, 0.15) is 37.7 Å². The van der Waals surface area contributed by atoms with Crippen molar-refractivity contribution >= 4 is 11.9 Å². The Bertz CT molecular complexity index is 842. The fourth-order valence-electron chi connectivity index (χ4n) is 4.19. The van der Waals surface area contributed by atoms with E-state index in [1.54, 1.807) is 0 Å². The molecule has 2 N–H and O–H groups in total. The van der Waals surface area contributed by atoms with Gasteiger partial charge < -0.3 is 19.7 Å². The molecule has 0 spiro atoms. The number of aromatic nitrogens is 1. The molecule has 1 saturated carbocycles. The molecule has 2 atom stereocenters. The molecule has 0 aromatic carbocycles. The minimum atomic E-state index is -5.08. The third-order valence-corrected chi connectivity index (χ3v) is 6.12. The van der Waals surface area contributed by atoms with Crippen LogP contribution >= 0.6 is 0 Å². The van der Waals surface area contributed by atoms with Crippen molar-refractivity contribution in [3.05, 3.63) is 30.1 Å². The first-order valence-corrected chi connectivity index (χ1v) is 11.6. The van der Waals surface area contributed by atoms with Gasteiger partial charge in [0, 0.05) is 50.7 Å². The molecule has 0 bridgehead atoms.